The van der Waals surface area contributed by atoms with Gasteiger partial charge in [-0.25, -0.2) is 4.79 Å². The minimum absolute atomic E-state index is 0.00679. The average Bonchev–Trinajstić information content (AvgIpc) is 3.27. The number of ether oxygens (including phenoxy) is 3. The van der Waals surface area contributed by atoms with E-state index in [2.05, 4.69) is 25.4 Å². The number of nitrogens with one attached hydrogen (secondary N) is 1. The van der Waals surface area contributed by atoms with Crippen LogP contribution < -0.4 is 20.5 Å². The molecule has 33 heavy (non-hydrogen) atoms. The van der Waals surface area contributed by atoms with Crippen molar-refractivity contribution in [3.05, 3.63) is 59.4 Å². The molecule has 2 aromatic carbocycles. The molecule has 0 unspecified atom stereocenters. The van der Waals surface area contributed by atoms with Crippen LogP contribution in [-0.4, -0.2) is 40.0 Å². The lowest BCUT2D eigenvalue weighted by Crippen LogP contribution is -2.14. The lowest BCUT2D eigenvalue weighted by atomic mass is 10.1. The van der Waals surface area contributed by atoms with E-state index in [-0.39, 0.29) is 37.7 Å². The van der Waals surface area contributed by atoms with Crippen LogP contribution in [0.3, 0.4) is 0 Å². The second kappa shape index (κ2) is 9.81. The van der Waals surface area contributed by atoms with Gasteiger partial charge in [0.05, 0.1) is 5.71 Å². The number of carbonyl (C=O) groups is 1. The summed E-state index contributed by atoms with van der Waals surface area (Å²) in [7, 11) is 0. The molecule has 0 amide bonds. The molecule has 0 spiro atoms. The third-order valence-electron chi connectivity index (χ3n) is 4.63. The van der Waals surface area contributed by atoms with Crippen LogP contribution >= 0.6 is 0 Å². The van der Waals surface area contributed by atoms with Crippen LogP contribution in [0.15, 0.2) is 47.6 Å². The van der Waals surface area contributed by atoms with Gasteiger partial charge in [-0.05, 0) is 43.7 Å². The molecular formula is C22H22N6O5. The Morgan fingerprint density at radius 3 is 2.82 bits per heavy atom. The highest BCUT2D eigenvalue weighted by Crippen LogP contribution is 2.32. The fourth-order valence-electron chi connectivity index (χ4n) is 2.93. The van der Waals surface area contributed by atoms with E-state index in [4.69, 9.17) is 24.8 Å². The van der Waals surface area contributed by atoms with E-state index in [1.807, 2.05) is 37.3 Å². The van der Waals surface area contributed by atoms with Crippen LogP contribution in [0.5, 0.6) is 11.5 Å². The highest BCUT2D eigenvalue weighted by atomic mass is 16.7. The predicted octanol–water partition coefficient (Wildman–Crippen LogP) is 2.72. The van der Waals surface area contributed by atoms with E-state index < -0.39 is 5.97 Å². The molecule has 4 rings (SSSR count). The molecule has 3 aromatic rings. The number of nitrogens with zero attached hydrogens (tertiary/aromatic N) is 4. The van der Waals surface area contributed by atoms with Gasteiger partial charge in [-0.3, -0.25) is 0 Å². The molecule has 0 atom stereocenters. The summed E-state index contributed by atoms with van der Waals surface area (Å²) >= 11 is 0. The second-order valence-electron chi connectivity index (χ2n) is 7.05. The summed E-state index contributed by atoms with van der Waals surface area (Å²) < 4.78 is 15.8. The Bertz CT molecular complexity index is 1200. The highest BCUT2D eigenvalue weighted by Gasteiger charge is 2.14. The zero-order chi connectivity index (χ0) is 23.2. The molecule has 2 heterocycles. The van der Waals surface area contributed by atoms with Crippen molar-refractivity contribution in [3.8, 4) is 11.5 Å². The van der Waals surface area contributed by atoms with Crippen molar-refractivity contribution < 1.29 is 23.8 Å². The van der Waals surface area contributed by atoms with Crippen LogP contribution in [0.2, 0.25) is 0 Å². The van der Waals surface area contributed by atoms with Crippen LogP contribution in [0, 0.1) is 6.92 Å². The third kappa shape index (κ3) is 5.64. The Hall–Kier alpha value is -4.41. The molecule has 3 N–H and O–H groups in total. The van der Waals surface area contributed by atoms with Crippen molar-refractivity contribution >= 4 is 29.3 Å². The standard InChI is InChI=1S/C22H22N6O5/c1-13-5-3-4-6-16(13)24-22-26-19(25-21(23)27-22)10-30-20(29)11-33-28-14(2)15-7-8-17-18(9-15)32-12-31-17/h3-9H,10-12H2,1-2H3,(H3,23,24,25,26,27). The van der Waals surface area contributed by atoms with Gasteiger partial charge in [0, 0.05) is 11.3 Å². The molecular weight excluding hydrogens is 428 g/mol. The zero-order valence-electron chi connectivity index (χ0n) is 18.1. The van der Waals surface area contributed by atoms with Crippen molar-refractivity contribution in [1.82, 2.24) is 15.0 Å². The van der Waals surface area contributed by atoms with E-state index >= 15 is 0 Å². The first kappa shape index (κ1) is 21.8. The molecule has 1 aliphatic heterocycles. The number of esters is 1. The summed E-state index contributed by atoms with van der Waals surface area (Å²) in [5.74, 6) is 1.13. The topological polar surface area (TPSA) is 143 Å². The minimum Gasteiger partial charge on any atom is -0.455 e. The molecule has 1 aromatic heterocycles. The first-order chi connectivity index (χ1) is 16.0. The largest absolute Gasteiger partial charge is 0.455 e. The van der Waals surface area contributed by atoms with E-state index in [9.17, 15) is 4.79 Å². The van der Waals surface area contributed by atoms with Crippen LogP contribution in [-0.2, 0) is 21.0 Å². The lowest BCUT2D eigenvalue weighted by molar-refractivity contribution is -0.150. The number of para-hydroxylation sites is 1. The summed E-state index contributed by atoms with van der Waals surface area (Å²) in [6.45, 7) is 3.32. The summed E-state index contributed by atoms with van der Waals surface area (Å²) in [6, 6.07) is 13.0. The number of fused-ring (bicyclic) bond motifs is 1. The van der Waals surface area contributed by atoms with Crippen molar-refractivity contribution in [2.75, 3.05) is 24.5 Å². The van der Waals surface area contributed by atoms with Gasteiger partial charge in [0.25, 0.3) is 0 Å². The van der Waals surface area contributed by atoms with Crippen molar-refractivity contribution in [2.24, 2.45) is 5.16 Å². The number of hydrogen-bond donors (Lipinski definition) is 2. The lowest BCUT2D eigenvalue weighted by Gasteiger charge is -2.09. The van der Waals surface area contributed by atoms with E-state index in [1.165, 1.54) is 0 Å². The number of nitrogen functional groups attached to an aromatic ring is 1. The average molecular weight is 450 g/mol. The monoisotopic (exact) mass is 450 g/mol. The van der Waals surface area contributed by atoms with Crippen LogP contribution in [0.1, 0.15) is 23.9 Å². The van der Waals surface area contributed by atoms with Crippen molar-refractivity contribution in [2.45, 2.75) is 20.5 Å². The molecule has 0 saturated carbocycles. The van der Waals surface area contributed by atoms with Crippen molar-refractivity contribution in [3.63, 3.8) is 0 Å². The Kier molecular flexibility index (Phi) is 6.48. The summed E-state index contributed by atoms with van der Waals surface area (Å²) in [4.78, 5) is 29.4. The Morgan fingerprint density at radius 2 is 1.97 bits per heavy atom. The predicted molar refractivity (Wildman–Crippen MR) is 119 cm³/mol. The SMILES string of the molecule is CC(=NOCC(=O)OCc1nc(N)nc(Nc2ccccc2C)n1)c1ccc2c(c1)OCO2. The third-order valence-corrected chi connectivity index (χ3v) is 4.63. The van der Waals surface area contributed by atoms with Crippen LogP contribution in [0.25, 0.3) is 0 Å². The molecule has 170 valence electrons. The van der Waals surface area contributed by atoms with E-state index in [0.29, 0.717) is 17.2 Å². The first-order valence-electron chi connectivity index (χ1n) is 10.0. The maximum Gasteiger partial charge on any atom is 0.347 e. The van der Waals surface area contributed by atoms with Gasteiger partial charge >= 0.3 is 5.97 Å². The molecule has 0 aliphatic carbocycles. The molecule has 1 aliphatic rings. The number of carbonyl (C=O) groups excluding carboxylic acids is 1. The maximum atomic E-state index is 12.0. The number of anilines is 3. The van der Waals surface area contributed by atoms with E-state index in [1.54, 1.807) is 19.1 Å². The fraction of sp³-hybridized carbons (Fsp3) is 0.227. The Labute approximate surface area is 189 Å². The maximum absolute atomic E-state index is 12.0. The highest BCUT2D eigenvalue weighted by molar-refractivity contribution is 5.99. The van der Waals surface area contributed by atoms with Gasteiger partial charge in [-0.2, -0.15) is 15.0 Å². The molecule has 0 radical (unpaired) electrons. The van der Waals surface area contributed by atoms with Crippen LogP contribution in [0.4, 0.5) is 17.6 Å². The molecule has 0 saturated heterocycles. The number of nitrogens with two attached hydrogens (primary N) is 1. The fourth-order valence-corrected chi connectivity index (χ4v) is 2.93. The molecule has 0 fully saturated rings. The van der Waals surface area contributed by atoms with Gasteiger partial charge in [0.1, 0.15) is 0 Å². The summed E-state index contributed by atoms with van der Waals surface area (Å²) in [5.41, 5.74) is 8.95. The molecule has 11 heteroatoms. The first-order valence-corrected chi connectivity index (χ1v) is 10.0. The minimum atomic E-state index is -0.635. The van der Waals surface area contributed by atoms with E-state index in [0.717, 1.165) is 16.8 Å². The normalized spacial score (nSPS) is 12.4. The number of benzene rings is 2. The second-order valence-corrected chi connectivity index (χ2v) is 7.05. The number of hydrogen-bond acceptors (Lipinski definition) is 11. The van der Waals surface area contributed by atoms with Crippen molar-refractivity contribution in [1.29, 1.82) is 0 Å². The smallest absolute Gasteiger partial charge is 0.347 e. The van der Waals surface area contributed by atoms with Gasteiger partial charge < -0.3 is 30.1 Å². The molecule has 0 bridgehead atoms. The number of rotatable bonds is 8. The number of oxime groups is 1. The number of aromatic nitrogens is 3. The van der Waals surface area contributed by atoms with Gasteiger partial charge in [-0.1, -0.05) is 23.4 Å². The number of aryl methyl sites for hydroxylation is 1. The summed E-state index contributed by atoms with van der Waals surface area (Å²) in [6.07, 6.45) is 0. The van der Waals surface area contributed by atoms with Gasteiger partial charge in [0.15, 0.2) is 23.9 Å². The van der Waals surface area contributed by atoms with Gasteiger partial charge in [-0.15, -0.1) is 0 Å². The summed E-state index contributed by atoms with van der Waals surface area (Å²) in [5, 5.41) is 7.02. The molecule has 11 nitrogen and oxygen atoms in total. The van der Waals surface area contributed by atoms with Gasteiger partial charge in [0.2, 0.25) is 25.3 Å². The quantitative estimate of drug-likeness (QED) is 0.299. The Morgan fingerprint density at radius 1 is 1.15 bits per heavy atom. The zero-order valence-corrected chi connectivity index (χ0v) is 18.1. The Balaban J connectivity index is 1.29.